The molecular weight excluding hydrogens is 677 g/mol. The van der Waals surface area contributed by atoms with E-state index in [-0.39, 0.29) is 0 Å². The van der Waals surface area contributed by atoms with Crippen LogP contribution in [0.15, 0.2) is 199 Å². The van der Waals surface area contributed by atoms with Crippen LogP contribution in [0.4, 0.5) is 0 Å². The first kappa shape index (κ1) is 30.1. The molecular formula is C55H32O. The maximum Gasteiger partial charge on any atom is 0.136 e. The molecule has 13 rings (SSSR count). The van der Waals surface area contributed by atoms with Gasteiger partial charge in [-0.25, -0.2) is 0 Å². The molecule has 0 N–H and O–H groups in total. The van der Waals surface area contributed by atoms with Crippen LogP contribution in [-0.4, -0.2) is 0 Å². The number of benzene rings is 10. The molecule has 11 aromatic rings. The van der Waals surface area contributed by atoms with Crippen LogP contribution < -0.4 is 0 Å². The Balaban J connectivity index is 1.13. The first-order valence-corrected chi connectivity index (χ1v) is 19.5. The highest BCUT2D eigenvalue weighted by atomic mass is 16.3. The zero-order valence-corrected chi connectivity index (χ0v) is 30.4. The number of para-hydroxylation sites is 1. The molecule has 0 radical (unpaired) electrons. The summed E-state index contributed by atoms with van der Waals surface area (Å²) in [4.78, 5) is 0. The molecule has 0 aliphatic heterocycles. The van der Waals surface area contributed by atoms with Crippen molar-refractivity contribution in [1.29, 1.82) is 0 Å². The first-order valence-electron chi connectivity index (χ1n) is 19.5. The molecule has 1 spiro atoms. The van der Waals surface area contributed by atoms with Crippen LogP contribution in [0.2, 0.25) is 0 Å². The van der Waals surface area contributed by atoms with Gasteiger partial charge in [-0.05, 0) is 135 Å². The van der Waals surface area contributed by atoms with Crippen molar-refractivity contribution in [2.75, 3.05) is 0 Å². The lowest BCUT2D eigenvalue weighted by molar-refractivity contribution is 0.669. The minimum Gasteiger partial charge on any atom is -0.456 e. The molecule has 258 valence electrons. The standard InChI is InChI=1S/C55H32O/c1-2-14-33(15-3-1)43-29-45-38-19-7-5-17-36(38)44(30-46(45)37-18-6-4-16-35(37)43)34-26-27-41-39-20-8-11-23-49(39)55(51(41)28-34)50-24-12-9-21-40(50)47-32-54-48(31-52(47)55)42-22-10-13-25-53(42)56-54/h1-32H. The molecule has 2 aliphatic carbocycles. The van der Waals surface area contributed by atoms with Crippen LogP contribution in [0, 0.1) is 0 Å². The highest BCUT2D eigenvalue weighted by Crippen LogP contribution is 2.64. The molecule has 0 fully saturated rings. The fourth-order valence-corrected chi connectivity index (χ4v) is 10.6. The Morgan fingerprint density at radius 1 is 0.250 bits per heavy atom. The van der Waals surface area contributed by atoms with E-state index >= 15 is 0 Å². The lowest BCUT2D eigenvalue weighted by atomic mass is 9.70. The Morgan fingerprint density at radius 2 is 0.768 bits per heavy atom. The van der Waals surface area contributed by atoms with Crippen molar-refractivity contribution in [2.24, 2.45) is 0 Å². The van der Waals surface area contributed by atoms with Gasteiger partial charge in [-0.3, -0.25) is 0 Å². The molecule has 1 unspecified atom stereocenters. The normalized spacial score (nSPS) is 15.2. The third-order valence-corrected chi connectivity index (χ3v) is 12.9. The summed E-state index contributed by atoms with van der Waals surface area (Å²) in [5.74, 6) is 0. The minimum absolute atomic E-state index is 0.482. The predicted octanol–water partition coefficient (Wildman–Crippen LogP) is 14.7. The van der Waals surface area contributed by atoms with Crippen LogP contribution in [0.1, 0.15) is 22.3 Å². The molecule has 1 aromatic heterocycles. The molecule has 1 heteroatoms. The van der Waals surface area contributed by atoms with E-state index in [1.165, 1.54) is 99.1 Å². The van der Waals surface area contributed by atoms with Crippen LogP contribution in [-0.2, 0) is 5.41 Å². The Labute approximate surface area is 323 Å². The second-order valence-electron chi connectivity index (χ2n) is 15.5. The van der Waals surface area contributed by atoms with E-state index in [1.807, 2.05) is 0 Å². The summed E-state index contributed by atoms with van der Waals surface area (Å²) in [6.07, 6.45) is 0. The van der Waals surface area contributed by atoms with Gasteiger partial charge in [0.25, 0.3) is 0 Å². The largest absolute Gasteiger partial charge is 0.456 e. The number of furan rings is 1. The van der Waals surface area contributed by atoms with E-state index in [0.717, 1.165) is 21.9 Å². The molecule has 0 amide bonds. The fourth-order valence-electron chi connectivity index (χ4n) is 10.6. The van der Waals surface area contributed by atoms with Crippen molar-refractivity contribution >= 4 is 54.3 Å². The second-order valence-corrected chi connectivity index (χ2v) is 15.5. The molecule has 0 saturated heterocycles. The monoisotopic (exact) mass is 708 g/mol. The van der Waals surface area contributed by atoms with E-state index < -0.39 is 5.41 Å². The van der Waals surface area contributed by atoms with Gasteiger partial charge in [0.15, 0.2) is 0 Å². The zero-order chi connectivity index (χ0) is 36.5. The van der Waals surface area contributed by atoms with E-state index in [4.69, 9.17) is 4.42 Å². The van der Waals surface area contributed by atoms with E-state index in [0.29, 0.717) is 0 Å². The van der Waals surface area contributed by atoms with Gasteiger partial charge in [0.05, 0.1) is 5.41 Å². The van der Waals surface area contributed by atoms with Crippen molar-refractivity contribution in [1.82, 2.24) is 0 Å². The Hall–Kier alpha value is -7.22. The Kier molecular flexibility index (Phi) is 5.89. The molecule has 1 nitrogen and oxygen atoms in total. The topological polar surface area (TPSA) is 13.1 Å². The lowest BCUT2D eigenvalue weighted by Crippen LogP contribution is -2.25. The minimum atomic E-state index is -0.482. The van der Waals surface area contributed by atoms with Crippen LogP contribution >= 0.6 is 0 Å². The molecule has 0 bridgehead atoms. The van der Waals surface area contributed by atoms with E-state index in [9.17, 15) is 0 Å². The summed E-state index contributed by atoms with van der Waals surface area (Å²) in [6.45, 7) is 0. The maximum absolute atomic E-state index is 6.50. The molecule has 56 heavy (non-hydrogen) atoms. The van der Waals surface area contributed by atoms with Crippen LogP contribution in [0.25, 0.3) is 98.8 Å². The summed E-state index contributed by atoms with van der Waals surface area (Å²) in [5.41, 5.74) is 16.8. The van der Waals surface area contributed by atoms with Crippen molar-refractivity contribution in [3.8, 4) is 44.5 Å². The quantitative estimate of drug-likeness (QED) is 0.163. The first-order chi connectivity index (χ1) is 27.8. The fraction of sp³-hybridized carbons (Fsp3) is 0.0182. The summed E-state index contributed by atoms with van der Waals surface area (Å²) < 4.78 is 6.50. The van der Waals surface area contributed by atoms with Gasteiger partial charge in [-0.2, -0.15) is 0 Å². The van der Waals surface area contributed by atoms with Gasteiger partial charge in [-0.15, -0.1) is 0 Å². The SMILES string of the molecule is c1ccc(-c2cc3c4ccccc4c(-c4ccc5c(c4)C4(c6ccccc6-5)c5ccccc5-c5cc6oc7ccccc7c6cc54)cc3c3ccccc23)cc1. The van der Waals surface area contributed by atoms with Gasteiger partial charge in [-0.1, -0.05) is 158 Å². The average Bonchev–Trinajstić information content (AvgIpc) is 3.88. The van der Waals surface area contributed by atoms with Crippen molar-refractivity contribution in [2.45, 2.75) is 5.41 Å². The van der Waals surface area contributed by atoms with Crippen molar-refractivity contribution in [3.63, 3.8) is 0 Å². The highest BCUT2D eigenvalue weighted by Gasteiger charge is 2.52. The summed E-state index contributed by atoms with van der Waals surface area (Å²) in [7, 11) is 0. The smallest absolute Gasteiger partial charge is 0.136 e. The number of hydrogen-bond acceptors (Lipinski definition) is 1. The number of fused-ring (bicyclic) bond motifs is 18. The number of hydrogen-bond donors (Lipinski definition) is 0. The van der Waals surface area contributed by atoms with Gasteiger partial charge in [0.2, 0.25) is 0 Å². The van der Waals surface area contributed by atoms with Crippen LogP contribution in [0.3, 0.4) is 0 Å². The van der Waals surface area contributed by atoms with Gasteiger partial charge in [0, 0.05) is 10.8 Å². The highest BCUT2D eigenvalue weighted by molar-refractivity contribution is 6.24. The Bertz CT molecular complexity index is 3480. The van der Waals surface area contributed by atoms with Gasteiger partial charge in [0.1, 0.15) is 11.2 Å². The zero-order valence-electron chi connectivity index (χ0n) is 30.4. The predicted molar refractivity (Wildman–Crippen MR) is 233 cm³/mol. The lowest BCUT2D eigenvalue weighted by Gasteiger charge is -2.31. The third kappa shape index (κ3) is 3.79. The average molecular weight is 709 g/mol. The third-order valence-electron chi connectivity index (χ3n) is 12.9. The number of rotatable bonds is 2. The maximum atomic E-state index is 6.50. The van der Waals surface area contributed by atoms with Gasteiger partial charge < -0.3 is 4.42 Å². The molecule has 2 aliphatic rings. The van der Waals surface area contributed by atoms with E-state index in [2.05, 4.69) is 194 Å². The molecule has 10 aromatic carbocycles. The Morgan fingerprint density at radius 3 is 1.46 bits per heavy atom. The van der Waals surface area contributed by atoms with Crippen LogP contribution in [0.5, 0.6) is 0 Å². The van der Waals surface area contributed by atoms with Crippen molar-refractivity contribution < 1.29 is 4.42 Å². The molecule has 0 saturated carbocycles. The summed E-state index contributed by atoms with van der Waals surface area (Å²) >= 11 is 0. The summed E-state index contributed by atoms with van der Waals surface area (Å²) in [6, 6.07) is 72.2. The second kappa shape index (κ2) is 10.9. The summed E-state index contributed by atoms with van der Waals surface area (Å²) in [5, 5.41) is 9.95. The van der Waals surface area contributed by atoms with Crippen molar-refractivity contribution in [3.05, 3.63) is 216 Å². The van der Waals surface area contributed by atoms with Gasteiger partial charge >= 0.3 is 0 Å². The molecule has 1 atom stereocenters. The molecule has 1 heterocycles. The van der Waals surface area contributed by atoms with E-state index in [1.54, 1.807) is 0 Å².